The first-order chi connectivity index (χ1) is 9.92. The Morgan fingerprint density at radius 1 is 1.52 bits per heavy atom. The van der Waals surface area contributed by atoms with Crippen LogP contribution in [0.2, 0.25) is 0 Å². The first kappa shape index (κ1) is 15.2. The molecule has 0 aliphatic carbocycles. The number of ether oxygens (including phenoxy) is 1. The summed E-state index contributed by atoms with van der Waals surface area (Å²) in [6, 6.07) is 3.61. The highest BCUT2D eigenvalue weighted by Crippen LogP contribution is 2.25. The molecule has 2 rings (SSSR count). The molecule has 2 N–H and O–H groups in total. The van der Waals surface area contributed by atoms with Crippen LogP contribution in [0.4, 0.5) is 4.39 Å². The largest absolute Gasteiger partial charge is 0.505 e. The van der Waals surface area contributed by atoms with E-state index >= 15 is 0 Å². The summed E-state index contributed by atoms with van der Waals surface area (Å²) in [5, 5.41) is 12.4. The molecule has 5 nitrogen and oxygen atoms in total. The molecule has 0 fully saturated rings. The molecule has 0 spiro atoms. The van der Waals surface area contributed by atoms with Crippen molar-refractivity contribution in [3.05, 3.63) is 40.2 Å². The monoisotopic (exact) mass is 310 g/mol. The number of halogens is 1. The Bertz CT molecular complexity index is 672. The maximum atomic E-state index is 13.3. The zero-order chi connectivity index (χ0) is 15.6. The Labute approximate surface area is 125 Å². The Hall–Kier alpha value is -2.15. The molecule has 0 aliphatic rings. The van der Waals surface area contributed by atoms with Crippen molar-refractivity contribution in [1.29, 1.82) is 0 Å². The number of nitrogens with zero attached hydrogens (tertiary/aromatic N) is 1. The van der Waals surface area contributed by atoms with Gasteiger partial charge in [-0.3, -0.25) is 4.79 Å². The molecular formula is C14H15FN2O3S. The molecule has 0 saturated carbocycles. The fraction of sp³-hybridized carbons (Fsp3) is 0.286. The number of methoxy groups -OCH3 is 1. The average Bonchev–Trinajstić information content (AvgIpc) is 2.83. The summed E-state index contributed by atoms with van der Waals surface area (Å²) in [4.78, 5) is 16.7. The second kappa shape index (κ2) is 6.09. The smallest absolute Gasteiger partial charge is 0.273 e. The van der Waals surface area contributed by atoms with Crippen LogP contribution < -0.4 is 10.1 Å². The number of amides is 1. The van der Waals surface area contributed by atoms with E-state index in [1.165, 1.54) is 19.2 Å². The number of carbonyl (C=O) groups excluding carboxylic acids is 1. The summed E-state index contributed by atoms with van der Waals surface area (Å²) >= 11 is 1.15. The van der Waals surface area contributed by atoms with Crippen LogP contribution in [-0.2, 0) is 0 Å². The zero-order valence-corrected chi connectivity index (χ0v) is 12.6. The molecule has 1 amide bonds. The highest BCUT2D eigenvalue weighted by molar-refractivity contribution is 7.15. The first-order valence-electron chi connectivity index (χ1n) is 6.23. The molecule has 1 aromatic carbocycles. The van der Waals surface area contributed by atoms with Crippen LogP contribution in [0, 0.1) is 12.7 Å². The summed E-state index contributed by atoms with van der Waals surface area (Å²) in [6.45, 7) is 3.45. The maximum Gasteiger partial charge on any atom is 0.273 e. The number of carbonyl (C=O) groups is 1. The fourth-order valence-corrected chi connectivity index (χ4v) is 2.59. The number of aromatic nitrogens is 1. The maximum absolute atomic E-state index is 13.3. The minimum atomic E-state index is -0.718. The van der Waals surface area contributed by atoms with Gasteiger partial charge >= 0.3 is 0 Å². The Kier molecular flexibility index (Phi) is 4.42. The van der Waals surface area contributed by atoms with Crippen molar-refractivity contribution in [2.75, 3.05) is 7.11 Å². The van der Waals surface area contributed by atoms with Gasteiger partial charge in [0.25, 0.3) is 11.1 Å². The number of phenolic OH excluding ortho intramolecular Hbond substituents is 1. The van der Waals surface area contributed by atoms with Crippen molar-refractivity contribution >= 4 is 17.2 Å². The summed E-state index contributed by atoms with van der Waals surface area (Å²) < 4.78 is 18.3. The van der Waals surface area contributed by atoms with E-state index in [0.29, 0.717) is 21.3 Å². The van der Waals surface area contributed by atoms with E-state index in [2.05, 4.69) is 10.3 Å². The summed E-state index contributed by atoms with van der Waals surface area (Å²) in [7, 11) is 1.49. The molecule has 0 unspecified atom stereocenters. The summed E-state index contributed by atoms with van der Waals surface area (Å²) in [6.07, 6.45) is 0. The van der Waals surface area contributed by atoms with Gasteiger partial charge in [0.05, 0.1) is 18.8 Å². The van der Waals surface area contributed by atoms with E-state index in [1.807, 2.05) is 0 Å². The topological polar surface area (TPSA) is 71.5 Å². The summed E-state index contributed by atoms with van der Waals surface area (Å²) in [5.41, 5.74) is 1.14. The Morgan fingerprint density at radius 2 is 2.24 bits per heavy atom. The van der Waals surface area contributed by atoms with Crippen LogP contribution in [0.5, 0.6) is 10.9 Å². The predicted molar refractivity (Wildman–Crippen MR) is 77.3 cm³/mol. The van der Waals surface area contributed by atoms with Crippen LogP contribution >= 0.6 is 11.3 Å². The third-order valence-electron chi connectivity index (χ3n) is 2.98. The van der Waals surface area contributed by atoms with Crippen molar-refractivity contribution in [2.45, 2.75) is 19.9 Å². The van der Waals surface area contributed by atoms with Crippen LogP contribution in [0.25, 0.3) is 0 Å². The summed E-state index contributed by atoms with van der Waals surface area (Å²) in [5.74, 6) is -1.43. The van der Waals surface area contributed by atoms with E-state index in [0.717, 1.165) is 11.3 Å². The number of benzene rings is 1. The SMILES string of the molecule is COc1nc(C)c(C(=O)N[C@H](C)c2ccc(O)c(F)c2)s1. The zero-order valence-electron chi connectivity index (χ0n) is 11.8. The van der Waals surface area contributed by atoms with E-state index in [-0.39, 0.29) is 5.91 Å². The molecule has 1 atom stereocenters. The number of thiazole rings is 1. The van der Waals surface area contributed by atoms with Gasteiger partial charge in [0, 0.05) is 0 Å². The number of nitrogens with one attached hydrogen (secondary N) is 1. The van der Waals surface area contributed by atoms with Gasteiger partial charge in [-0.05, 0) is 31.5 Å². The van der Waals surface area contributed by atoms with Crippen molar-refractivity contribution in [3.63, 3.8) is 0 Å². The minimum Gasteiger partial charge on any atom is -0.505 e. The quantitative estimate of drug-likeness (QED) is 0.911. The number of phenols is 1. The normalized spacial score (nSPS) is 12.0. The first-order valence-corrected chi connectivity index (χ1v) is 7.04. The second-order valence-electron chi connectivity index (χ2n) is 4.50. The molecule has 0 aliphatic heterocycles. The standard InChI is InChI=1S/C14H15FN2O3S/c1-7(9-4-5-11(18)10(15)6-9)16-13(19)12-8(2)17-14(20-3)21-12/h4-7,18H,1-3H3,(H,16,19)/t7-/m1/s1. The Balaban J connectivity index is 2.14. The lowest BCUT2D eigenvalue weighted by molar-refractivity contribution is 0.0943. The lowest BCUT2D eigenvalue weighted by atomic mass is 10.1. The van der Waals surface area contributed by atoms with Gasteiger partial charge < -0.3 is 15.2 Å². The van der Waals surface area contributed by atoms with E-state index < -0.39 is 17.6 Å². The van der Waals surface area contributed by atoms with Gasteiger partial charge in [0.2, 0.25) is 0 Å². The van der Waals surface area contributed by atoms with Gasteiger partial charge in [-0.2, -0.15) is 0 Å². The van der Waals surface area contributed by atoms with Crippen LogP contribution in [0.1, 0.15) is 33.9 Å². The highest BCUT2D eigenvalue weighted by atomic mass is 32.1. The number of hydrogen-bond acceptors (Lipinski definition) is 5. The van der Waals surface area contributed by atoms with Gasteiger partial charge in [-0.1, -0.05) is 17.4 Å². The Morgan fingerprint density at radius 3 is 2.81 bits per heavy atom. The van der Waals surface area contributed by atoms with Crippen molar-refractivity contribution in [2.24, 2.45) is 0 Å². The number of aromatic hydroxyl groups is 1. The fourth-order valence-electron chi connectivity index (χ4n) is 1.81. The van der Waals surface area contributed by atoms with Gasteiger partial charge in [0.1, 0.15) is 4.88 Å². The molecule has 7 heteroatoms. The average molecular weight is 310 g/mol. The number of hydrogen-bond donors (Lipinski definition) is 2. The third kappa shape index (κ3) is 3.30. The van der Waals surface area contributed by atoms with E-state index in [1.54, 1.807) is 19.9 Å². The van der Waals surface area contributed by atoms with Crippen molar-refractivity contribution < 1.29 is 19.0 Å². The molecule has 0 saturated heterocycles. The van der Waals surface area contributed by atoms with E-state index in [4.69, 9.17) is 9.84 Å². The van der Waals surface area contributed by atoms with Gasteiger partial charge in [-0.15, -0.1) is 0 Å². The highest BCUT2D eigenvalue weighted by Gasteiger charge is 2.18. The minimum absolute atomic E-state index is 0.297. The number of aryl methyl sites for hydroxylation is 1. The lowest BCUT2D eigenvalue weighted by Crippen LogP contribution is -2.26. The molecular weight excluding hydrogens is 295 g/mol. The lowest BCUT2D eigenvalue weighted by Gasteiger charge is -2.14. The van der Waals surface area contributed by atoms with Gasteiger partial charge in [-0.25, -0.2) is 9.37 Å². The van der Waals surface area contributed by atoms with Crippen LogP contribution in [0.15, 0.2) is 18.2 Å². The number of rotatable bonds is 4. The van der Waals surface area contributed by atoms with Gasteiger partial charge in [0.15, 0.2) is 11.6 Å². The molecule has 2 aromatic rings. The molecule has 0 radical (unpaired) electrons. The molecule has 0 bridgehead atoms. The van der Waals surface area contributed by atoms with Crippen molar-refractivity contribution in [3.8, 4) is 10.9 Å². The molecule has 112 valence electrons. The molecule has 1 heterocycles. The molecule has 21 heavy (non-hydrogen) atoms. The second-order valence-corrected chi connectivity index (χ2v) is 5.47. The van der Waals surface area contributed by atoms with Crippen molar-refractivity contribution in [1.82, 2.24) is 10.3 Å². The predicted octanol–water partition coefficient (Wildman–Crippen LogP) is 2.80. The van der Waals surface area contributed by atoms with Crippen LogP contribution in [0.3, 0.4) is 0 Å². The molecule has 1 aromatic heterocycles. The van der Waals surface area contributed by atoms with Crippen LogP contribution in [-0.4, -0.2) is 23.1 Å². The third-order valence-corrected chi connectivity index (χ3v) is 4.09. The van der Waals surface area contributed by atoms with E-state index in [9.17, 15) is 9.18 Å².